The minimum Gasteiger partial charge on any atom is -0.383 e. The van der Waals surface area contributed by atoms with E-state index in [1.165, 1.54) is 16.2 Å². The summed E-state index contributed by atoms with van der Waals surface area (Å²) in [5, 5.41) is 4.89. The van der Waals surface area contributed by atoms with Crippen LogP contribution in [0.25, 0.3) is 0 Å². The number of carbonyl (C=O) groups is 3. The number of nitrogens with zero attached hydrogens (tertiary/aromatic N) is 3. The lowest BCUT2D eigenvalue weighted by atomic mass is 10.1. The van der Waals surface area contributed by atoms with Crippen molar-refractivity contribution in [3.8, 4) is 0 Å². The van der Waals surface area contributed by atoms with Crippen LogP contribution in [0.4, 0.5) is 5.13 Å². The van der Waals surface area contributed by atoms with Gasteiger partial charge in [-0.2, -0.15) is 0 Å². The third-order valence-corrected chi connectivity index (χ3v) is 5.54. The number of anilines is 1. The van der Waals surface area contributed by atoms with Gasteiger partial charge in [0.15, 0.2) is 5.13 Å². The zero-order valence-corrected chi connectivity index (χ0v) is 19.3. The predicted octanol–water partition coefficient (Wildman–Crippen LogP) is 2.59. The van der Waals surface area contributed by atoms with Crippen molar-refractivity contribution in [1.82, 2.24) is 14.8 Å². The minimum absolute atomic E-state index is 0.00242. The van der Waals surface area contributed by atoms with Crippen LogP contribution in [0.1, 0.15) is 35.5 Å². The van der Waals surface area contributed by atoms with Crippen molar-refractivity contribution in [2.45, 2.75) is 27.2 Å². The summed E-state index contributed by atoms with van der Waals surface area (Å²) in [6.07, 6.45) is 0.194. The molecule has 0 aliphatic carbocycles. The molecular weight excluding hydrogens is 416 g/mol. The van der Waals surface area contributed by atoms with Crippen molar-refractivity contribution >= 4 is 34.2 Å². The van der Waals surface area contributed by atoms with E-state index in [2.05, 4.69) is 10.3 Å². The molecule has 1 heterocycles. The lowest BCUT2D eigenvalue weighted by Gasteiger charge is -2.21. The van der Waals surface area contributed by atoms with E-state index in [9.17, 15) is 14.4 Å². The van der Waals surface area contributed by atoms with Gasteiger partial charge in [0.05, 0.1) is 18.7 Å². The number of ether oxygens (including phenoxy) is 1. The number of rotatable bonds is 11. The molecule has 2 rings (SSSR count). The van der Waals surface area contributed by atoms with E-state index in [0.29, 0.717) is 36.1 Å². The van der Waals surface area contributed by atoms with Gasteiger partial charge in [-0.3, -0.25) is 14.4 Å². The molecule has 0 spiro atoms. The quantitative estimate of drug-likeness (QED) is 0.573. The predicted molar refractivity (Wildman–Crippen MR) is 121 cm³/mol. The maximum absolute atomic E-state index is 12.8. The molecule has 0 fully saturated rings. The molecule has 0 saturated carbocycles. The van der Waals surface area contributed by atoms with Crippen LogP contribution in [0.3, 0.4) is 0 Å². The summed E-state index contributed by atoms with van der Waals surface area (Å²) < 4.78 is 5.08. The Kier molecular flexibility index (Phi) is 9.61. The van der Waals surface area contributed by atoms with Gasteiger partial charge in [-0.05, 0) is 32.9 Å². The van der Waals surface area contributed by atoms with Crippen molar-refractivity contribution in [3.63, 3.8) is 0 Å². The number of hydrogen-bond donors (Lipinski definition) is 1. The fraction of sp³-hybridized carbons (Fsp3) is 0.455. The highest BCUT2D eigenvalue weighted by Gasteiger charge is 2.20. The van der Waals surface area contributed by atoms with Gasteiger partial charge in [-0.25, -0.2) is 4.98 Å². The molecule has 0 atom stereocenters. The van der Waals surface area contributed by atoms with Gasteiger partial charge in [-0.15, -0.1) is 11.3 Å². The summed E-state index contributed by atoms with van der Waals surface area (Å²) >= 11 is 1.26. The first-order valence-corrected chi connectivity index (χ1v) is 11.1. The number of thiazole rings is 1. The van der Waals surface area contributed by atoms with Crippen LogP contribution in [0.15, 0.2) is 29.6 Å². The smallest absolute Gasteiger partial charge is 0.254 e. The summed E-state index contributed by atoms with van der Waals surface area (Å²) in [4.78, 5) is 45.1. The van der Waals surface area contributed by atoms with Crippen LogP contribution in [0.2, 0.25) is 0 Å². The van der Waals surface area contributed by atoms with Gasteiger partial charge in [-0.1, -0.05) is 17.7 Å². The molecule has 1 aromatic heterocycles. The van der Waals surface area contributed by atoms with Crippen molar-refractivity contribution in [1.29, 1.82) is 0 Å². The molecule has 3 amide bonds. The number of carbonyl (C=O) groups excluding carboxylic acids is 3. The second-order valence-electron chi connectivity index (χ2n) is 7.02. The SMILES string of the molecule is CCN(CC)C(=O)Cc1csc(NC(=O)CN(CCOC)C(=O)c2ccc(C)cc2)n1. The number of likely N-dealkylation sites (N-methyl/N-ethyl adjacent to an activating group) is 1. The molecule has 0 aliphatic rings. The molecule has 2 aromatic rings. The van der Waals surface area contributed by atoms with Crippen LogP contribution in [0.5, 0.6) is 0 Å². The standard InChI is InChI=1S/C22H30N4O4S/c1-5-25(6-2)20(28)13-18-15-31-22(23-18)24-19(27)14-26(11-12-30-4)21(29)17-9-7-16(3)8-10-17/h7-10,15H,5-6,11-14H2,1-4H3,(H,23,24,27). The normalized spacial score (nSPS) is 10.6. The van der Waals surface area contributed by atoms with E-state index in [4.69, 9.17) is 4.74 Å². The summed E-state index contributed by atoms with van der Waals surface area (Å²) in [7, 11) is 1.55. The summed E-state index contributed by atoms with van der Waals surface area (Å²) in [6, 6.07) is 7.21. The highest BCUT2D eigenvalue weighted by atomic mass is 32.1. The third-order valence-electron chi connectivity index (χ3n) is 4.73. The second-order valence-corrected chi connectivity index (χ2v) is 7.88. The highest BCUT2D eigenvalue weighted by Crippen LogP contribution is 2.17. The number of amides is 3. The van der Waals surface area contributed by atoms with Crippen LogP contribution < -0.4 is 5.32 Å². The molecule has 168 valence electrons. The van der Waals surface area contributed by atoms with Gasteiger partial charge in [0, 0.05) is 37.7 Å². The Labute approximate surface area is 187 Å². The van der Waals surface area contributed by atoms with E-state index in [-0.39, 0.29) is 37.2 Å². The Morgan fingerprint density at radius 2 is 1.77 bits per heavy atom. The highest BCUT2D eigenvalue weighted by molar-refractivity contribution is 7.13. The average Bonchev–Trinajstić information content (AvgIpc) is 3.18. The Hall–Kier alpha value is -2.78. The first-order chi connectivity index (χ1) is 14.9. The number of nitrogens with one attached hydrogen (secondary N) is 1. The van der Waals surface area contributed by atoms with Crippen LogP contribution in [-0.2, 0) is 20.7 Å². The number of aromatic nitrogens is 1. The van der Waals surface area contributed by atoms with Crippen molar-refractivity contribution in [3.05, 3.63) is 46.5 Å². The summed E-state index contributed by atoms with van der Waals surface area (Å²) in [5.74, 6) is -0.591. The van der Waals surface area contributed by atoms with Gasteiger partial charge in [0.1, 0.15) is 6.54 Å². The van der Waals surface area contributed by atoms with E-state index in [1.54, 1.807) is 29.5 Å². The number of hydrogen-bond acceptors (Lipinski definition) is 6. The van der Waals surface area contributed by atoms with Crippen LogP contribution in [0, 0.1) is 6.92 Å². The first-order valence-electron chi connectivity index (χ1n) is 10.2. The molecule has 1 aromatic carbocycles. The Morgan fingerprint density at radius 1 is 1.10 bits per heavy atom. The fourth-order valence-electron chi connectivity index (χ4n) is 2.95. The lowest BCUT2D eigenvalue weighted by Crippen LogP contribution is -2.40. The van der Waals surface area contributed by atoms with Gasteiger partial charge >= 0.3 is 0 Å². The molecule has 0 unspecified atom stereocenters. The first kappa shape index (κ1) is 24.5. The molecule has 0 saturated heterocycles. The maximum atomic E-state index is 12.8. The zero-order chi connectivity index (χ0) is 22.8. The Balaban J connectivity index is 1.99. The second kappa shape index (κ2) is 12.2. The fourth-order valence-corrected chi connectivity index (χ4v) is 3.68. The van der Waals surface area contributed by atoms with E-state index >= 15 is 0 Å². The van der Waals surface area contributed by atoms with E-state index in [1.807, 2.05) is 32.9 Å². The minimum atomic E-state index is -0.354. The molecule has 31 heavy (non-hydrogen) atoms. The van der Waals surface area contributed by atoms with Crippen molar-refractivity contribution < 1.29 is 19.1 Å². The number of methoxy groups -OCH3 is 1. The largest absolute Gasteiger partial charge is 0.383 e. The summed E-state index contributed by atoms with van der Waals surface area (Å²) in [6.45, 7) is 7.59. The number of benzene rings is 1. The van der Waals surface area contributed by atoms with Gasteiger partial charge in [0.25, 0.3) is 5.91 Å². The van der Waals surface area contributed by atoms with E-state index in [0.717, 1.165) is 5.56 Å². The maximum Gasteiger partial charge on any atom is 0.254 e. The van der Waals surface area contributed by atoms with Crippen LogP contribution >= 0.6 is 11.3 Å². The lowest BCUT2D eigenvalue weighted by molar-refractivity contribution is -0.130. The molecule has 0 aliphatic heterocycles. The summed E-state index contributed by atoms with van der Waals surface area (Å²) in [5.41, 5.74) is 2.18. The molecular formula is C22H30N4O4S. The molecule has 0 radical (unpaired) electrons. The molecule has 0 bridgehead atoms. The van der Waals surface area contributed by atoms with Crippen LogP contribution in [-0.4, -0.2) is 72.4 Å². The van der Waals surface area contributed by atoms with Gasteiger partial charge < -0.3 is 19.9 Å². The van der Waals surface area contributed by atoms with Crippen molar-refractivity contribution in [2.75, 3.05) is 45.2 Å². The average molecular weight is 447 g/mol. The van der Waals surface area contributed by atoms with Gasteiger partial charge in [0.2, 0.25) is 11.8 Å². The zero-order valence-electron chi connectivity index (χ0n) is 18.5. The number of aryl methyl sites for hydroxylation is 1. The molecule has 9 heteroatoms. The monoisotopic (exact) mass is 446 g/mol. The Bertz CT molecular complexity index is 878. The molecule has 8 nitrogen and oxygen atoms in total. The van der Waals surface area contributed by atoms with Crippen molar-refractivity contribution in [2.24, 2.45) is 0 Å². The topological polar surface area (TPSA) is 91.8 Å². The Morgan fingerprint density at radius 3 is 2.39 bits per heavy atom. The molecule has 1 N–H and O–H groups in total. The third kappa shape index (κ3) is 7.45. The van der Waals surface area contributed by atoms with E-state index < -0.39 is 0 Å².